The van der Waals surface area contributed by atoms with Gasteiger partial charge in [0.15, 0.2) is 12.6 Å². The largest absolute Gasteiger partial charge is 0.394 e. The minimum Gasteiger partial charge on any atom is -0.394 e. The molecule has 3 heterocycles. The molecule has 16 nitrogen and oxygen atoms in total. The Labute approximate surface area is 192 Å². The zero-order valence-electron chi connectivity index (χ0n) is 17.8. The number of ether oxygens (including phenoxy) is 5. The molecule has 0 aliphatic carbocycles. The van der Waals surface area contributed by atoms with Crippen molar-refractivity contribution in [2.45, 2.75) is 85.5 Å². The first-order chi connectivity index (χ1) is 16.0. The molecule has 0 spiro atoms. The van der Waals surface area contributed by atoms with Crippen molar-refractivity contribution in [2.24, 2.45) is 0 Å². The van der Waals surface area contributed by atoms with E-state index in [2.05, 4.69) is 0 Å². The van der Waals surface area contributed by atoms with Crippen LogP contribution in [0.25, 0.3) is 0 Å². The van der Waals surface area contributed by atoms with Crippen molar-refractivity contribution in [3.8, 4) is 0 Å². The van der Waals surface area contributed by atoms with E-state index in [-0.39, 0.29) is 0 Å². The van der Waals surface area contributed by atoms with E-state index in [0.717, 1.165) is 0 Å². The third-order valence-electron chi connectivity index (χ3n) is 6.16. The van der Waals surface area contributed by atoms with Gasteiger partial charge in [-0.2, -0.15) is 0 Å². The van der Waals surface area contributed by atoms with E-state index in [9.17, 15) is 56.2 Å². The van der Waals surface area contributed by atoms with Gasteiger partial charge >= 0.3 is 0 Å². The molecule has 3 rings (SSSR count). The molecule has 0 bridgehead atoms. The smallest absolute Gasteiger partial charge is 0.224 e. The molecule has 0 aromatic rings. The summed E-state index contributed by atoms with van der Waals surface area (Å²) in [6, 6.07) is 0. The Morgan fingerprint density at radius 3 is 1.65 bits per heavy atom. The van der Waals surface area contributed by atoms with Crippen LogP contribution in [-0.2, 0) is 23.7 Å². The minimum atomic E-state index is -2.36. The van der Waals surface area contributed by atoms with Gasteiger partial charge in [-0.15, -0.1) is 0 Å². The first kappa shape index (κ1) is 27.9. The van der Waals surface area contributed by atoms with Crippen LogP contribution in [0.5, 0.6) is 0 Å². The average Bonchev–Trinajstić information content (AvgIpc) is 3.08. The Bertz CT molecular complexity index is 653. The molecule has 200 valence electrons. The van der Waals surface area contributed by atoms with E-state index in [1.807, 2.05) is 0 Å². The SMILES string of the molecule is OCC1OC(OCC2OC(O[C@]3(CO)OC(CO)C(O)C3O)C(O)C(O)C2O)C(O)C(O)C1O. The molecule has 3 fully saturated rings. The summed E-state index contributed by atoms with van der Waals surface area (Å²) in [6.45, 7) is -3.14. The lowest BCUT2D eigenvalue weighted by molar-refractivity contribution is -0.388. The molecule has 16 heteroatoms. The lowest BCUT2D eigenvalue weighted by Crippen LogP contribution is -2.63. The predicted molar refractivity (Wildman–Crippen MR) is 101 cm³/mol. The fraction of sp³-hybridized carbons (Fsp3) is 1.00. The van der Waals surface area contributed by atoms with E-state index in [0.29, 0.717) is 0 Å². The van der Waals surface area contributed by atoms with E-state index >= 15 is 0 Å². The van der Waals surface area contributed by atoms with Gasteiger partial charge in [0.2, 0.25) is 5.79 Å². The van der Waals surface area contributed by atoms with Crippen LogP contribution in [0.15, 0.2) is 0 Å². The van der Waals surface area contributed by atoms with Crippen LogP contribution in [0.1, 0.15) is 0 Å². The van der Waals surface area contributed by atoms with Gasteiger partial charge in [-0.3, -0.25) is 0 Å². The molecule has 13 unspecified atom stereocenters. The molecule has 3 aliphatic heterocycles. The van der Waals surface area contributed by atoms with Gasteiger partial charge < -0.3 is 79.9 Å². The summed E-state index contributed by atoms with van der Waals surface area (Å²) in [5.41, 5.74) is 0. The van der Waals surface area contributed by atoms with E-state index in [1.165, 1.54) is 0 Å². The number of hydrogen-bond acceptors (Lipinski definition) is 16. The van der Waals surface area contributed by atoms with Gasteiger partial charge in [-0.25, -0.2) is 0 Å². The van der Waals surface area contributed by atoms with Gasteiger partial charge in [0.25, 0.3) is 0 Å². The van der Waals surface area contributed by atoms with Crippen LogP contribution < -0.4 is 0 Å². The van der Waals surface area contributed by atoms with Crippen molar-refractivity contribution in [1.29, 1.82) is 0 Å². The van der Waals surface area contributed by atoms with Gasteiger partial charge in [-0.05, 0) is 0 Å². The highest BCUT2D eigenvalue weighted by Crippen LogP contribution is 2.36. The van der Waals surface area contributed by atoms with Crippen LogP contribution in [0.3, 0.4) is 0 Å². The molecular formula is C18H32O16. The second kappa shape index (κ2) is 11.2. The maximum atomic E-state index is 10.3. The fourth-order valence-electron chi connectivity index (χ4n) is 4.01. The number of rotatable bonds is 8. The molecule has 11 N–H and O–H groups in total. The summed E-state index contributed by atoms with van der Waals surface area (Å²) < 4.78 is 26.4. The molecule has 0 radical (unpaired) electrons. The molecule has 34 heavy (non-hydrogen) atoms. The van der Waals surface area contributed by atoms with E-state index in [4.69, 9.17) is 23.7 Å². The average molecular weight is 504 g/mol. The first-order valence-corrected chi connectivity index (χ1v) is 10.6. The monoisotopic (exact) mass is 504 g/mol. The quantitative estimate of drug-likeness (QED) is 0.146. The van der Waals surface area contributed by atoms with Crippen molar-refractivity contribution in [2.75, 3.05) is 26.4 Å². The molecule has 14 atom stereocenters. The third kappa shape index (κ3) is 5.09. The Morgan fingerprint density at radius 1 is 0.588 bits per heavy atom. The molecule has 0 saturated carbocycles. The molecule has 0 aromatic carbocycles. The zero-order chi connectivity index (χ0) is 25.4. The van der Waals surface area contributed by atoms with Crippen LogP contribution in [0.4, 0.5) is 0 Å². The number of hydrogen-bond donors (Lipinski definition) is 11. The molecule has 3 aliphatic rings. The van der Waals surface area contributed by atoms with E-state index < -0.39 is 112 Å². The Balaban J connectivity index is 1.69. The summed E-state index contributed by atoms with van der Waals surface area (Å²) in [6.07, 6.45) is -21.8. The number of aliphatic hydroxyl groups is 11. The van der Waals surface area contributed by atoms with Crippen LogP contribution in [-0.4, -0.2) is 168 Å². The Morgan fingerprint density at radius 2 is 1.12 bits per heavy atom. The lowest BCUT2D eigenvalue weighted by atomic mass is 9.98. The predicted octanol–water partition coefficient (Wildman–Crippen LogP) is -7.57. The Hall–Kier alpha value is -0.640. The van der Waals surface area contributed by atoms with Crippen LogP contribution in [0, 0.1) is 0 Å². The van der Waals surface area contributed by atoms with Crippen LogP contribution in [0.2, 0.25) is 0 Å². The highest BCUT2D eigenvalue weighted by molar-refractivity contribution is 4.98. The van der Waals surface area contributed by atoms with E-state index in [1.54, 1.807) is 0 Å². The molecular weight excluding hydrogens is 472 g/mol. The summed E-state index contributed by atoms with van der Waals surface area (Å²) in [4.78, 5) is 0. The van der Waals surface area contributed by atoms with Crippen molar-refractivity contribution < 1.29 is 79.9 Å². The second-order valence-corrected chi connectivity index (χ2v) is 8.41. The maximum Gasteiger partial charge on any atom is 0.224 e. The van der Waals surface area contributed by atoms with Gasteiger partial charge in [0.05, 0.1) is 19.8 Å². The zero-order valence-corrected chi connectivity index (χ0v) is 17.8. The summed E-state index contributed by atoms with van der Waals surface area (Å²) in [5, 5.41) is 109. The Kier molecular flexibility index (Phi) is 9.18. The minimum absolute atomic E-state index is 0.634. The summed E-state index contributed by atoms with van der Waals surface area (Å²) >= 11 is 0. The van der Waals surface area contributed by atoms with Crippen molar-refractivity contribution >= 4 is 0 Å². The van der Waals surface area contributed by atoms with Gasteiger partial charge in [-0.1, -0.05) is 0 Å². The normalized spacial score (nSPS) is 52.1. The first-order valence-electron chi connectivity index (χ1n) is 10.6. The maximum absolute atomic E-state index is 10.3. The molecule has 0 aromatic heterocycles. The fourth-order valence-corrected chi connectivity index (χ4v) is 4.01. The van der Waals surface area contributed by atoms with Crippen molar-refractivity contribution in [3.63, 3.8) is 0 Å². The van der Waals surface area contributed by atoms with Crippen molar-refractivity contribution in [3.05, 3.63) is 0 Å². The standard InChI is InChI=1S/C18H32O16/c19-1-5-8(22)11(25)13(27)16(31-5)30-3-7-9(23)12(26)14(28)17(32-7)34-18(4-21)15(29)10(24)6(2-20)33-18/h5-17,19-29H,1-4H2/t5?,6?,7?,8?,9?,10?,11?,12?,13?,14?,15?,16?,17?,18-/m0/s1. The second-order valence-electron chi connectivity index (χ2n) is 8.41. The number of aliphatic hydroxyl groups excluding tert-OH is 11. The topological polar surface area (TPSA) is 269 Å². The summed E-state index contributed by atoms with van der Waals surface area (Å²) in [7, 11) is 0. The summed E-state index contributed by atoms with van der Waals surface area (Å²) in [5.74, 6) is -2.36. The highest BCUT2D eigenvalue weighted by Gasteiger charge is 2.58. The lowest BCUT2D eigenvalue weighted by Gasteiger charge is -2.44. The third-order valence-corrected chi connectivity index (χ3v) is 6.16. The van der Waals surface area contributed by atoms with Crippen LogP contribution >= 0.6 is 0 Å². The van der Waals surface area contributed by atoms with Crippen molar-refractivity contribution in [1.82, 2.24) is 0 Å². The van der Waals surface area contributed by atoms with Gasteiger partial charge in [0.1, 0.15) is 73.8 Å². The molecule has 0 amide bonds. The highest BCUT2D eigenvalue weighted by atomic mass is 16.8. The molecule has 3 saturated heterocycles. The van der Waals surface area contributed by atoms with Gasteiger partial charge in [0, 0.05) is 0 Å².